The van der Waals surface area contributed by atoms with E-state index in [0.717, 1.165) is 5.56 Å². The molecule has 0 bridgehead atoms. The molecule has 0 aliphatic rings. The fourth-order valence-corrected chi connectivity index (χ4v) is 2.16. The van der Waals surface area contributed by atoms with Crippen molar-refractivity contribution in [3.05, 3.63) is 54.1 Å². The van der Waals surface area contributed by atoms with Crippen LogP contribution in [0.5, 0.6) is 0 Å². The van der Waals surface area contributed by atoms with Crippen LogP contribution in [0.4, 0.5) is 17.1 Å². The molecule has 134 valence electrons. The summed E-state index contributed by atoms with van der Waals surface area (Å²) in [6.07, 6.45) is 0.959. The van der Waals surface area contributed by atoms with E-state index < -0.39 is 0 Å². The molecule has 0 aliphatic heterocycles. The number of rotatable bonds is 6. The summed E-state index contributed by atoms with van der Waals surface area (Å²) in [5, 5.41) is 5.65. The van der Waals surface area contributed by atoms with Crippen molar-refractivity contribution < 1.29 is 9.59 Å². The molecule has 2 amide bonds. The molecule has 0 heterocycles. The minimum absolute atomic E-state index is 0. The van der Waals surface area contributed by atoms with Crippen LogP contribution in [-0.4, -0.2) is 11.8 Å². The molecule has 0 radical (unpaired) electrons. The van der Waals surface area contributed by atoms with Crippen LogP contribution in [0.1, 0.15) is 25.8 Å². The van der Waals surface area contributed by atoms with E-state index in [-0.39, 0.29) is 30.1 Å². The summed E-state index contributed by atoms with van der Waals surface area (Å²) >= 11 is 0. The molecule has 0 saturated heterocycles. The second kappa shape index (κ2) is 9.69. The largest absolute Gasteiger partial charge is 0.399 e. The lowest BCUT2D eigenvalue weighted by atomic mass is 10.1. The Bertz CT molecular complexity index is 715. The van der Waals surface area contributed by atoms with Crippen molar-refractivity contribution in [3.8, 4) is 0 Å². The predicted molar refractivity (Wildman–Crippen MR) is 105 cm³/mol. The Kier molecular flexibility index (Phi) is 7.95. The predicted octanol–water partition coefficient (Wildman–Crippen LogP) is 3.86. The second-order valence-electron chi connectivity index (χ2n) is 5.97. The van der Waals surface area contributed by atoms with E-state index in [9.17, 15) is 9.59 Å². The van der Waals surface area contributed by atoms with Gasteiger partial charge in [0.2, 0.25) is 11.8 Å². The Morgan fingerprint density at radius 1 is 0.960 bits per heavy atom. The number of amides is 2. The maximum Gasteiger partial charge on any atom is 0.226 e. The molecule has 4 N–H and O–H groups in total. The van der Waals surface area contributed by atoms with Crippen molar-refractivity contribution in [2.24, 2.45) is 5.92 Å². The number of anilines is 3. The summed E-state index contributed by atoms with van der Waals surface area (Å²) < 4.78 is 0. The number of hydrogen-bond acceptors (Lipinski definition) is 3. The number of hydrogen-bond donors (Lipinski definition) is 3. The lowest BCUT2D eigenvalue weighted by Gasteiger charge is -2.10. The molecule has 25 heavy (non-hydrogen) atoms. The molecule has 0 fully saturated rings. The van der Waals surface area contributed by atoms with Gasteiger partial charge in [-0.25, -0.2) is 0 Å². The summed E-state index contributed by atoms with van der Waals surface area (Å²) in [5.74, 6) is -0.181. The minimum atomic E-state index is -0.0743. The Labute approximate surface area is 154 Å². The molecule has 5 nitrogen and oxygen atoms in total. The quantitative estimate of drug-likeness (QED) is 0.683. The van der Waals surface area contributed by atoms with Crippen LogP contribution in [0.2, 0.25) is 0 Å². The van der Waals surface area contributed by atoms with Crippen LogP contribution in [0, 0.1) is 5.92 Å². The van der Waals surface area contributed by atoms with Gasteiger partial charge in [-0.15, -0.1) is 12.4 Å². The number of aryl methyl sites for hydroxylation is 1. The third-order valence-electron chi connectivity index (χ3n) is 3.64. The van der Waals surface area contributed by atoms with E-state index in [1.807, 2.05) is 38.1 Å². The Balaban J connectivity index is 0.00000312. The SMILES string of the molecule is CC(C)C(=O)Nc1ccc(NC(=O)CCc2ccccc2N)cc1.Cl. The molecular formula is C19H24ClN3O2. The van der Waals surface area contributed by atoms with Gasteiger partial charge in [-0.05, 0) is 42.3 Å². The molecule has 2 rings (SSSR count). The molecule has 0 atom stereocenters. The number of nitrogens with two attached hydrogens (primary N) is 1. The maximum absolute atomic E-state index is 12.0. The first kappa shape index (κ1) is 20.5. The zero-order valence-corrected chi connectivity index (χ0v) is 15.2. The second-order valence-corrected chi connectivity index (χ2v) is 5.97. The van der Waals surface area contributed by atoms with Crippen molar-refractivity contribution in [2.75, 3.05) is 16.4 Å². The van der Waals surface area contributed by atoms with Gasteiger partial charge in [0, 0.05) is 29.4 Å². The van der Waals surface area contributed by atoms with Gasteiger partial charge in [-0.3, -0.25) is 9.59 Å². The standard InChI is InChI=1S/C19H23N3O2.ClH/c1-13(2)19(24)22-16-10-8-15(9-11-16)21-18(23)12-7-14-5-3-4-6-17(14)20;/h3-6,8-11,13H,7,12,20H2,1-2H3,(H,21,23)(H,22,24);1H. The highest BCUT2D eigenvalue weighted by molar-refractivity contribution is 5.93. The molecular weight excluding hydrogens is 338 g/mol. The average Bonchev–Trinajstić information content (AvgIpc) is 2.56. The van der Waals surface area contributed by atoms with Gasteiger partial charge < -0.3 is 16.4 Å². The number of benzene rings is 2. The zero-order valence-electron chi connectivity index (χ0n) is 14.4. The number of nitrogens with one attached hydrogen (secondary N) is 2. The van der Waals surface area contributed by atoms with Gasteiger partial charge in [0.15, 0.2) is 0 Å². The fourth-order valence-electron chi connectivity index (χ4n) is 2.16. The van der Waals surface area contributed by atoms with Crippen LogP contribution in [0.15, 0.2) is 48.5 Å². The van der Waals surface area contributed by atoms with Gasteiger partial charge in [0.05, 0.1) is 0 Å². The van der Waals surface area contributed by atoms with E-state index in [1.54, 1.807) is 24.3 Å². The summed E-state index contributed by atoms with van der Waals surface area (Å²) in [6, 6.07) is 14.6. The summed E-state index contributed by atoms with van der Waals surface area (Å²) in [6.45, 7) is 3.67. The Hall–Kier alpha value is -2.53. The monoisotopic (exact) mass is 361 g/mol. The van der Waals surface area contributed by atoms with E-state index in [1.165, 1.54) is 0 Å². The summed E-state index contributed by atoms with van der Waals surface area (Å²) in [7, 11) is 0. The molecule has 0 aliphatic carbocycles. The first-order valence-corrected chi connectivity index (χ1v) is 8.00. The molecule has 0 saturated carbocycles. The van der Waals surface area contributed by atoms with Crippen molar-refractivity contribution in [2.45, 2.75) is 26.7 Å². The van der Waals surface area contributed by atoms with E-state index in [4.69, 9.17) is 5.73 Å². The number of para-hydroxylation sites is 1. The van der Waals surface area contributed by atoms with Gasteiger partial charge >= 0.3 is 0 Å². The van der Waals surface area contributed by atoms with Crippen LogP contribution >= 0.6 is 12.4 Å². The van der Waals surface area contributed by atoms with Crippen molar-refractivity contribution in [1.29, 1.82) is 0 Å². The lowest BCUT2D eigenvalue weighted by molar-refractivity contribution is -0.119. The third kappa shape index (κ3) is 6.47. The molecule has 2 aromatic rings. The molecule has 0 unspecified atom stereocenters. The van der Waals surface area contributed by atoms with Crippen molar-refractivity contribution in [1.82, 2.24) is 0 Å². The van der Waals surface area contributed by atoms with Gasteiger partial charge in [0.25, 0.3) is 0 Å². The zero-order chi connectivity index (χ0) is 17.5. The summed E-state index contributed by atoms with van der Waals surface area (Å²) in [5.41, 5.74) is 8.96. The Morgan fingerprint density at radius 2 is 1.52 bits per heavy atom. The first-order valence-electron chi connectivity index (χ1n) is 8.00. The highest BCUT2D eigenvalue weighted by atomic mass is 35.5. The van der Waals surface area contributed by atoms with Crippen LogP contribution in [0.25, 0.3) is 0 Å². The molecule has 2 aromatic carbocycles. The van der Waals surface area contributed by atoms with Crippen LogP contribution in [0.3, 0.4) is 0 Å². The number of halogens is 1. The number of carbonyl (C=O) groups is 2. The normalized spacial score (nSPS) is 10.0. The van der Waals surface area contributed by atoms with Crippen LogP contribution < -0.4 is 16.4 Å². The average molecular weight is 362 g/mol. The van der Waals surface area contributed by atoms with Gasteiger partial charge in [-0.2, -0.15) is 0 Å². The van der Waals surface area contributed by atoms with Crippen molar-refractivity contribution in [3.63, 3.8) is 0 Å². The summed E-state index contributed by atoms with van der Waals surface area (Å²) in [4.78, 5) is 23.7. The molecule has 0 aromatic heterocycles. The Morgan fingerprint density at radius 3 is 2.08 bits per heavy atom. The smallest absolute Gasteiger partial charge is 0.226 e. The highest BCUT2D eigenvalue weighted by Gasteiger charge is 2.08. The first-order chi connectivity index (χ1) is 11.5. The van der Waals surface area contributed by atoms with Gasteiger partial charge in [0.1, 0.15) is 0 Å². The molecule has 6 heteroatoms. The minimum Gasteiger partial charge on any atom is -0.399 e. The lowest BCUT2D eigenvalue weighted by Crippen LogP contribution is -2.17. The fraction of sp³-hybridized carbons (Fsp3) is 0.263. The third-order valence-corrected chi connectivity index (χ3v) is 3.64. The number of nitrogen functional groups attached to an aromatic ring is 1. The maximum atomic E-state index is 12.0. The van der Waals surface area contributed by atoms with E-state index in [0.29, 0.717) is 29.9 Å². The van der Waals surface area contributed by atoms with E-state index >= 15 is 0 Å². The van der Waals surface area contributed by atoms with Crippen molar-refractivity contribution >= 4 is 41.3 Å². The van der Waals surface area contributed by atoms with Gasteiger partial charge in [-0.1, -0.05) is 32.0 Å². The highest BCUT2D eigenvalue weighted by Crippen LogP contribution is 2.16. The topological polar surface area (TPSA) is 84.2 Å². The van der Waals surface area contributed by atoms with E-state index in [2.05, 4.69) is 10.6 Å². The van der Waals surface area contributed by atoms with Crippen LogP contribution in [-0.2, 0) is 16.0 Å². The molecule has 0 spiro atoms. The number of carbonyl (C=O) groups excluding carboxylic acids is 2.